The summed E-state index contributed by atoms with van der Waals surface area (Å²) in [4.78, 5) is 27.5. The summed E-state index contributed by atoms with van der Waals surface area (Å²) in [5.74, 6) is 0.928. The molecule has 8 nitrogen and oxygen atoms in total. The van der Waals surface area contributed by atoms with Crippen molar-refractivity contribution < 1.29 is 19.1 Å². The fourth-order valence-electron chi connectivity index (χ4n) is 3.60. The second kappa shape index (κ2) is 13.7. The number of carbonyl (C=O) groups is 2. The molecular formula is C24H30FN5O3. The summed E-state index contributed by atoms with van der Waals surface area (Å²) >= 11 is 0. The van der Waals surface area contributed by atoms with Gasteiger partial charge in [0, 0.05) is 19.0 Å². The summed E-state index contributed by atoms with van der Waals surface area (Å²) in [7, 11) is 0. The van der Waals surface area contributed by atoms with E-state index in [1.165, 1.54) is 6.07 Å². The monoisotopic (exact) mass is 455 g/mol. The van der Waals surface area contributed by atoms with Gasteiger partial charge in [0.2, 0.25) is 5.91 Å². The fraction of sp³-hybridized carbons (Fsp3) is 0.333. The van der Waals surface area contributed by atoms with E-state index in [2.05, 4.69) is 15.2 Å². The molecule has 0 spiro atoms. The first-order valence-corrected chi connectivity index (χ1v) is 10.7. The van der Waals surface area contributed by atoms with Gasteiger partial charge in [-0.05, 0) is 43.9 Å². The van der Waals surface area contributed by atoms with Gasteiger partial charge in [-0.3, -0.25) is 14.7 Å². The van der Waals surface area contributed by atoms with Crippen LogP contribution in [0.3, 0.4) is 0 Å². The van der Waals surface area contributed by atoms with Crippen molar-refractivity contribution in [3.63, 3.8) is 0 Å². The number of carboxylic acid groups (broad SMARTS) is 1. The molecule has 0 bridgehead atoms. The Hall–Kier alpha value is -3.59. The number of hydrogen-bond acceptors (Lipinski definition) is 5. The third-order valence-electron chi connectivity index (χ3n) is 5.06. The van der Waals surface area contributed by atoms with Gasteiger partial charge < -0.3 is 15.7 Å². The number of rotatable bonds is 8. The molecule has 9 heteroatoms. The SMILES string of the molecule is C\C=C/C=C/C=C/c1n[nH]c([C@@H]2CCCN2C(=O)C[C@H](N)Cc2ccccc2F)n1.O=CO. The number of hydrogen-bond donors (Lipinski definition) is 3. The number of allylic oxidation sites excluding steroid dienone is 5. The first-order valence-electron chi connectivity index (χ1n) is 10.7. The van der Waals surface area contributed by atoms with Crippen LogP contribution < -0.4 is 5.73 Å². The lowest BCUT2D eigenvalue weighted by atomic mass is 10.0. The summed E-state index contributed by atoms with van der Waals surface area (Å²) in [6.45, 7) is 2.37. The number of halogens is 1. The summed E-state index contributed by atoms with van der Waals surface area (Å²) in [5.41, 5.74) is 6.68. The van der Waals surface area contributed by atoms with Gasteiger partial charge in [-0.1, -0.05) is 48.6 Å². The first kappa shape index (κ1) is 25.7. The van der Waals surface area contributed by atoms with Gasteiger partial charge in [-0.15, -0.1) is 0 Å². The van der Waals surface area contributed by atoms with Gasteiger partial charge in [0.05, 0.1) is 6.04 Å². The maximum Gasteiger partial charge on any atom is 0.290 e. The van der Waals surface area contributed by atoms with E-state index < -0.39 is 6.04 Å². The van der Waals surface area contributed by atoms with Crippen molar-refractivity contribution in [2.45, 2.75) is 44.7 Å². The van der Waals surface area contributed by atoms with E-state index in [-0.39, 0.29) is 30.7 Å². The van der Waals surface area contributed by atoms with Crippen LogP contribution in [0.25, 0.3) is 6.08 Å². The average molecular weight is 456 g/mol. The van der Waals surface area contributed by atoms with Crippen molar-refractivity contribution in [3.8, 4) is 0 Å². The minimum atomic E-state index is -0.437. The highest BCUT2D eigenvalue weighted by atomic mass is 19.1. The van der Waals surface area contributed by atoms with E-state index in [1.807, 2.05) is 43.4 Å². The molecule has 0 saturated carbocycles. The van der Waals surface area contributed by atoms with E-state index in [4.69, 9.17) is 15.6 Å². The second-order valence-corrected chi connectivity index (χ2v) is 7.46. The number of H-pyrrole nitrogens is 1. The summed E-state index contributed by atoms with van der Waals surface area (Å²) in [6, 6.07) is 5.96. The molecule has 0 aliphatic carbocycles. The minimum absolute atomic E-state index is 0.0379. The van der Waals surface area contributed by atoms with Gasteiger partial charge in [0.25, 0.3) is 6.47 Å². The van der Waals surface area contributed by atoms with Gasteiger partial charge >= 0.3 is 0 Å². The van der Waals surface area contributed by atoms with Crippen molar-refractivity contribution in [1.82, 2.24) is 20.1 Å². The maximum absolute atomic E-state index is 13.8. The highest BCUT2D eigenvalue weighted by Gasteiger charge is 2.32. The molecule has 33 heavy (non-hydrogen) atoms. The molecule has 2 atom stereocenters. The molecule has 0 radical (unpaired) electrons. The zero-order valence-electron chi connectivity index (χ0n) is 18.6. The number of aromatic nitrogens is 3. The standard InChI is InChI=1S/C23H28FN5O.CH2O2/c1-2-3-4-5-6-13-21-26-23(28-27-21)20-12-9-14-29(20)22(30)16-18(25)15-17-10-7-8-11-19(17)24;2-1-3/h2-8,10-11,13,18,20H,9,12,14-16,25H2,1H3,(H,26,27,28);1H,(H,2,3)/b3-2-,5-4+,13-6+;/t18-,20+;/m1./s1. The van der Waals surface area contributed by atoms with Crippen molar-refractivity contribution in [2.24, 2.45) is 5.73 Å². The zero-order chi connectivity index (χ0) is 24.1. The second-order valence-electron chi connectivity index (χ2n) is 7.46. The Morgan fingerprint density at radius 3 is 2.79 bits per heavy atom. The Morgan fingerprint density at radius 1 is 1.33 bits per heavy atom. The van der Waals surface area contributed by atoms with Gasteiger partial charge in [0.1, 0.15) is 11.6 Å². The van der Waals surface area contributed by atoms with Crippen LogP contribution in [0.2, 0.25) is 0 Å². The summed E-state index contributed by atoms with van der Waals surface area (Å²) in [6.07, 6.45) is 13.6. The highest BCUT2D eigenvalue weighted by Crippen LogP contribution is 2.30. The van der Waals surface area contributed by atoms with Crippen LogP contribution in [0.1, 0.15) is 49.4 Å². The Kier molecular flexibility index (Phi) is 10.7. The predicted octanol–water partition coefficient (Wildman–Crippen LogP) is 3.41. The molecule has 176 valence electrons. The Morgan fingerprint density at radius 2 is 2.06 bits per heavy atom. The van der Waals surface area contributed by atoms with E-state index in [1.54, 1.807) is 23.1 Å². The van der Waals surface area contributed by atoms with E-state index in [0.717, 1.165) is 12.8 Å². The number of nitrogens with one attached hydrogen (secondary N) is 1. The summed E-state index contributed by atoms with van der Waals surface area (Å²) in [5, 5.41) is 14.1. The molecule has 4 N–H and O–H groups in total. The topological polar surface area (TPSA) is 125 Å². The number of carbonyl (C=O) groups excluding carboxylic acids is 1. The smallest absolute Gasteiger partial charge is 0.290 e. The lowest BCUT2D eigenvalue weighted by Crippen LogP contribution is -2.36. The number of aromatic amines is 1. The Balaban J connectivity index is 0.00000122. The van der Waals surface area contributed by atoms with Crippen molar-refractivity contribution in [1.29, 1.82) is 0 Å². The van der Waals surface area contributed by atoms with E-state index in [9.17, 15) is 9.18 Å². The van der Waals surface area contributed by atoms with Crippen LogP contribution in [0.5, 0.6) is 0 Å². The van der Waals surface area contributed by atoms with Gasteiger partial charge in [0.15, 0.2) is 5.82 Å². The molecule has 1 fully saturated rings. The molecule has 1 aromatic carbocycles. The lowest BCUT2D eigenvalue weighted by Gasteiger charge is -2.24. The molecule has 1 amide bonds. The molecule has 1 saturated heterocycles. The third-order valence-corrected chi connectivity index (χ3v) is 5.06. The molecule has 1 aromatic heterocycles. The molecule has 3 rings (SSSR count). The molecule has 1 aliphatic heterocycles. The first-order chi connectivity index (χ1) is 16.0. The quantitative estimate of drug-likeness (QED) is 0.414. The number of likely N-dealkylation sites (tertiary alicyclic amines) is 1. The molecular weight excluding hydrogens is 425 g/mol. The van der Waals surface area contributed by atoms with E-state index in [0.29, 0.717) is 30.2 Å². The molecule has 2 heterocycles. The summed E-state index contributed by atoms with van der Waals surface area (Å²) < 4.78 is 13.8. The normalized spacial score (nSPS) is 16.9. The highest BCUT2D eigenvalue weighted by molar-refractivity contribution is 5.77. The lowest BCUT2D eigenvalue weighted by molar-refractivity contribution is -0.132. The zero-order valence-corrected chi connectivity index (χ0v) is 18.6. The van der Waals surface area contributed by atoms with Crippen LogP contribution in [-0.2, 0) is 16.0 Å². The van der Waals surface area contributed by atoms with Crippen molar-refractivity contribution in [2.75, 3.05) is 6.54 Å². The fourth-order valence-corrected chi connectivity index (χ4v) is 3.60. The van der Waals surface area contributed by atoms with Crippen LogP contribution in [0.15, 0.2) is 54.6 Å². The predicted molar refractivity (Wildman–Crippen MR) is 124 cm³/mol. The van der Waals surface area contributed by atoms with Crippen molar-refractivity contribution in [3.05, 3.63) is 77.7 Å². The number of nitrogens with two attached hydrogens (primary N) is 1. The molecule has 1 aliphatic rings. The largest absolute Gasteiger partial charge is 0.483 e. The van der Waals surface area contributed by atoms with Crippen LogP contribution in [-0.4, -0.2) is 50.2 Å². The van der Waals surface area contributed by atoms with Crippen LogP contribution in [0.4, 0.5) is 4.39 Å². The Labute approximate surface area is 192 Å². The number of nitrogens with zero attached hydrogens (tertiary/aromatic N) is 3. The minimum Gasteiger partial charge on any atom is -0.483 e. The van der Waals surface area contributed by atoms with Gasteiger partial charge in [-0.2, -0.15) is 5.10 Å². The van der Waals surface area contributed by atoms with Gasteiger partial charge in [-0.25, -0.2) is 9.37 Å². The molecule has 2 aromatic rings. The van der Waals surface area contributed by atoms with Crippen LogP contribution >= 0.6 is 0 Å². The average Bonchev–Trinajstić information content (AvgIpc) is 3.45. The van der Waals surface area contributed by atoms with Crippen LogP contribution in [0, 0.1) is 5.82 Å². The van der Waals surface area contributed by atoms with E-state index >= 15 is 0 Å². The number of benzene rings is 1. The molecule has 0 unspecified atom stereocenters. The maximum atomic E-state index is 13.8. The van der Waals surface area contributed by atoms with Crippen molar-refractivity contribution >= 4 is 18.5 Å². The number of amides is 1. The third kappa shape index (κ3) is 8.12. The Bertz CT molecular complexity index is 986.